The molecule has 0 radical (unpaired) electrons. The van der Waals surface area contributed by atoms with Crippen molar-refractivity contribution < 1.29 is 70.9 Å². The largest absolute Gasteiger partial charge is 2.00 e. The van der Waals surface area contributed by atoms with Crippen molar-refractivity contribution >= 4 is 40.1 Å². The van der Waals surface area contributed by atoms with Gasteiger partial charge in [-0.05, 0) is 122 Å². The van der Waals surface area contributed by atoms with Crippen LogP contribution in [0.2, 0.25) is 0 Å². The first-order valence-corrected chi connectivity index (χ1v) is 27.2. The Morgan fingerprint density at radius 1 is 0.395 bits per heavy atom. The number of hydrogen-bond acceptors (Lipinski definition) is 8. The number of carbonyl (C=O) groups is 6. The third kappa shape index (κ3) is 19.6. The number of carbonyl (C=O) groups excluding carboxylic acids is 6. The van der Waals surface area contributed by atoms with Crippen LogP contribution in [-0.2, 0) is 45.9 Å². The minimum absolute atomic E-state index is 0. The Bertz CT molecular complexity index is 2400. The molecular weight excluding hydrogens is 1030 g/mol. The molecule has 10 heteroatoms. The Labute approximate surface area is 474 Å². The van der Waals surface area contributed by atoms with E-state index < -0.39 is 0 Å². The van der Waals surface area contributed by atoms with E-state index in [1.165, 1.54) is 64.2 Å². The average molecular weight is 1110 g/mol. The number of ketones is 6. The smallest absolute Gasteiger partial charge is 0.358 e. The zero-order valence-electron chi connectivity index (χ0n) is 45.8. The maximum atomic E-state index is 13.6. The molecule has 4 fully saturated rings. The molecule has 8 nitrogen and oxygen atoms in total. The molecule has 0 amide bonds. The van der Waals surface area contributed by atoms with Crippen molar-refractivity contribution in [2.45, 2.75) is 155 Å². The van der Waals surface area contributed by atoms with Crippen LogP contribution >= 0.6 is 0 Å². The van der Waals surface area contributed by atoms with Gasteiger partial charge in [0.1, 0.15) is 24.7 Å². The van der Waals surface area contributed by atoms with E-state index in [9.17, 15) is 28.8 Å². The van der Waals surface area contributed by atoms with Crippen LogP contribution in [0.15, 0.2) is 109 Å². The van der Waals surface area contributed by atoms with Crippen LogP contribution in [-0.4, -0.2) is 40.1 Å². The molecule has 409 valence electrons. The van der Waals surface area contributed by atoms with E-state index in [0.29, 0.717) is 69.2 Å². The topological polar surface area (TPSA) is 121 Å². The predicted octanol–water partition coefficient (Wildman–Crippen LogP) is 16.5. The number of rotatable bonds is 18. The van der Waals surface area contributed by atoms with E-state index in [1.54, 1.807) is 98.8 Å². The van der Waals surface area contributed by atoms with Crippen LogP contribution in [0.1, 0.15) is 227 Å². The average Bonchev–Trinajstić information content (AvgIpc) is 4.32. The number of benzene rings is 5. The number of hydrogen-bond donors (Lipinski definition) is 0. The Morgan fingerprint density at radius 2 is 0.658 bits per heavy atom. The first kappa shape index (κ1) is 66.7. The molecule has 4 saturated carbocycles. The van der Waals surface area contributed by atoms with Crippen LogP contribution in [0.5, 0.6) is 11.5 Å². The molecule has 0 heterocycles. The van der Waals surface area contributed by atoms with Crippen molar-refractivity contribution in [3.63, 3.8) is 0 Å². The van der Waals surface area contributed by atoms with Crippen LogP contribution in [0.3, 0.4) is 0 Å². The van der Waals surface area contributed by atoms with Gasteiger partial charge in [-0.25, -0.2) is 0 Å². The fourth-order valence-electron chi connectivity index (χ4n) is 9.95. The number of ether oxygens (including phenoxy) is 2. The van der Waals surface area contributed by atoms with Crippen LogP contribution < -0.4 is 9.47 Å². The second kappa shape index (κ2) is 35.1. The molecule has 0 aliphatic heterocycles. The fourth-order valence-corrected chi connectivity index (χ4v) is 9.95. The summed E-state index contributed by atoms with van der Waals surface area (Å²) in [5, 5.41) is 0. The molecule has 4 aliphatic carbocycles. The molecule has 5 aromatic carbocycles. The zero-order chi connectivity index (χ0) is 51.2. The molecule has 0 unspecified atom stereocenters. The van der Waals surface area contributed by atoms with E-state index in [4.69, 9.17) is 9.47 Å². The zero-order valence-corrected chi connectivity index (χ0v) is 48.0. The van der Waals surface area contributed by atoms with Gasteiger partial charge in [-0.1, -0.05) is 128 Å². The second-order valence-electron chi connectivity index (χ2n) is 19.5. The van der Waals surface area contributed by atoms with Gasteiger partial charge in [0.15, 0.2) is 34.7 Å². The fraction of sp³-hybridized carbons (Fsp3) is 0.394. The Hall–Kier alpha value is -5.37. The van der Waals surface area contributed by atoms with Crippen molar-refractivity contribution in [2.24, 2.45) is 11.8 Å². The third-order valence-corrected chi connectivity index (χ3v) is 14.3. The summed E-state index contributed by atoms with van der Waals surface area (Å²) in [5.41, 5.74) is 8.04. The summed E-state index contributed by atoms with van der Waals surface area (Å²) < 4.78 is 12.0. The summed E-state index contributed by atoms with van der Waals surface area (Å²) in [5.74, 6) is 0.339. The molecular formula is C66H81Fe2O8. The summed E-state index contributed by atoms with van der Waals surface area (Å²) >= 11 is 3.00. The minimum atomic E-state index is -0.261. The van der Waals surface area contributed by atoms with E-state index in [2.05, 4.69) is 21.0 Å². The first-order chi connectivity index (χ1) is 35.1. The van der Waals surface area contributed by atoms with Gasteiger partial charge in [-0.15, -0.1) is 0 Å². The Morgan fingerprint density at radius 3 is 0.934 bits per heavy atom. The van der Waals surface area contributed by atoms with Crippen LogP contribution in [0.25, 0.3) is 0 Å². The second-order valence-corrected chi connectivity index (χ2v) is 19.5. The van der Waals surface area contributed by atoms with Crippen molar-refractivity contribution in [1.82, 2.24) is 0 Å². The molecule has 0 atom stereocenters. The molecule has 5 aromatic rings. The molecule has 0 bridgehead atoms. The molecule has 0 spiro atoms. The standard InChI is InChI=1S/C52H50O8.2C5H10.3CH3.CH2.2Fe/c1-3-47(53)39-25-41(49(55)35-9-5-6-10-35)29-43(27-39)51(57)37-17-21-45(22-18-37)59-31-33-13-15-34(16-14-33)32-60-46-23-19-38(20-24-46)52(58)44-28-40(48(54)4-2)26-42(30-44)50(56)36-11-7-8-12-36;2*1-2-4-5-3-1;;;;;;/h13-30,35-36H,3-12,31-32H2,1-2H3;2*1-5H2;3*1H3;1H2;;/q;;;3*-1;;+1;+2. The molecule has 4 aliphatic rings. The van der Waals surface area contributed by atoms with Gasteiger partial charge < -0.3 is 31.8 Å². The first-order valence-electron chi connectivity index (χ1n) is 26.4. The normalized spacial score (nSPS) is 14.4. The minimum Gasteiger partial charge on any atom is -0.358 e. The van der Waals surface area contributed by atoms with Gasteiger partial charge in [0.25, 0.3) is 0 Å². The third-order valence-electron chi connectivity index (χ3n) is 14.3. The monoisotopic (exact) mass is 1110 g/mol. The van der Waals surface area contributed by atoms with Crippen molar-refractivity contribution in [3.8, 4) is 11.5 Å². The quantitative estimate of drug-likeness (QED) is 0.0483. The molecule has 0 aromatic heterocycles. The number of Topliss-reactive ketones (excluding diaryl/α,β-unsaturated/α-hetero) is 4. The maximum Gasteiger partial charge on any atom is 2.00 e. The summed E-state index contributed by atoms with van der Waals surface area (Å²) in [7, 11) is 0. The van der Waals surface area contributed by atoms with Gasteiger partial charge in [-0.2, -0.15) is 0 Å². The van der Waals surface area contributed by atoms with E-state index in [0.717, 1.165) is 62.5 Å². The Kier molecular flexibility index (Phi) is 30.8. The van der Waals surface area contributed by atoms with E-state index in [-0.39, 0.29) is 98.7 Å². The van der Waals surface area contributed by atoms with Crippen LogP contribution in [0, 0.1) is 34.1 Å². The summed E-state index contributed by atoms with van der Waals surface area (Å²) in [4.78, 5) is 78.9. The maximum absolute atomic E-state index is 13.6. The van der Waals surface area contributed by atoms with Crippen LogP contribution in [0.4, 0.5) is 0 Å². The van der Waals surface area contributed by atoms with Gasteiger partial charge in [-0.3, -0.25) is 28.8 Å². The molecule has 0 N–H and O–H groups in total. The summed E-state index contributed by atoms with van der Waals surface area (Å²) in [6.07, 6.45) is 23.0. The van der Waals surface area contributed by atoms with Gasteiger partial charge in [0.05, 0.1) is 0 Å². The van der Waals surface area contributed by atoms with Gasteiger partial charge >= 0.3 is 38.1 Å². The van der Waals surface area contributed by atoms with E-state index in [1.807, 2.05) is 24.3 Å². The SMILES string of the molecule is C1CCCC1.C1CCCC1.CCC(=O)c1cc(C(=O)c2ccc(OCc3ccc(COc4ccc(C(=O)c5cc(C(=O)CC)cc(C(=O)C6CCCC6)c5)cc4)cc3)cc2)cc(C(=O)C2CCCC2)c1.[CH2]=[Fe+].[CH3-].[CH3-].[CH3-].[Fe+2]. The predicted molar refractivity (Wildman–Crippen MR) is 302 cm³/mol. The molecule has 0 saturated heterocycles. The van der Waals surface area contributed by atoms with Crippen molar-refractivity contribution in [2.75, 3.05) is 0 Å². The molecule has 76 heavy (non-hydrogen) atoms. The van der Waals surface area contributed by atoms with Crippen molar-refractivity contribution in [3.05, 3.63) is 187 Å². The molecule has 9 rings (SSSR count). The Balaban J connectivity index is 0.00000110. The summed E-state index contributed by atoms with van der Waals surface area (Å²) in [6.45, 7) is 4.15. The van der Waals surface area contributed by atoms with Gasteiger partial charge in [0.2, 0.25) is 0 Å². The van der Waals surface area contributed by atoms with E-state index >= 15 is 0 Å². The van der Waals surface area contributed by atoms with Crippen molar-refractivity contribution in [1.29, 1.82) is 0 Å². The van der Waals surface area contributed by atoms with Gasteiger partial charge in [0, 0.05) is 69.2 Å². The summed E-state index contributed by atoms with van der Waals surface area (Å²) in [6, 6.07) is 31.3.